The summed E-state index contributed by atoms with van der Waals surface area (Å²) in [7, 11) is 1.84. The van der Waals surface area contributed by atoms with Crippen molar-refractivity contribution >= 4 is 12.2 Å². The van der Waals surface area contributed by atoms with E-state index in [1.54, 1.807) is 18.2 Å². The number of phenolic OH excluding ortho intramolecular Hbond substituents is 2. The van der Waals surface area contributed by atoms with Crippen LogP contribution in [0.4, 0.5) is 0 Å². The average Bonchev–Trinajstić information content (AvgIpc) is 3.65. The Bertz CT molecular complexity index is 2230. The number of allylic oxidation sites excluding steroid dienone is 1. The van der Waals surface area contributed by atoms with E-state index in [0.29, 0.717) is 39.0 Å². The van der Waals surface area contributed by atoms with E-state index in [1.807, 2.05) is 19.2 Å². The number of hydrogen-bond donors (Lipinski definition) is 5. The third-order valence-electron chi connectivity index (χ3n) is 11.3. The Morgan fingerprint density at radius 1 is 0.923 bits per heavy atom. The molecule has 10 nitrogen and oxygen atoms in total. The van der Waals surface area contributed by atoms with Crippen molar-refractivity contribution in [1.29, 1.82) is 0 Å². The molecule has 5 aliphatic rings. The van der Waals surface area contributed by atoms with Gasteiger partial charge in [-0.25, -0.2) is 0 Å². The highest BCUT2D eigenvalue weighted by atomic mass is 16.6. The molecule has 3 heterocycles. The van der Waals surface area contributed by atoms with Gasteiger partial charge in [-0.2, -0.15) is 0 Å². The van der Waals surface area contributed by atoms with Crippen LogP contribution in [0.5, 0.6) is 28.7 Å². The maximum atomic E-state index is 11.2. The van der Waals surface area contributed by atoms with Gasteiger partial charge < -0.3 is 39.4 Å². The Morgan fingerprint density at radius 3 is 2.63 bits per heavy atom. The Labute approximate surface area is 301 Å². The first-order valence-corrected chi connectivity index (χ1v) is 18.1. The van der Waals surface area contributed by atoms with Crippen molar-refractivity contribution in [2.24, 2.45) is 4.99 Å². The molecule has 0 bridgehead atoms. The highest BCUT2D eigenvalue weighted by molar-refractivity contribution is 5.88. The Kier molecular flexibility index (Phi) is 8.42. The second-order valence-corrected chi connectivity index (χ2v) is 14.2. The number of nitrogens with zero attached hydrogens (tertiary/aromatic N) is 1. The summed E-state index contributed by atoms with van der Waals surface area (Å²) in [6, 6.07) is 15.5. The molecule has 52 heavy (non-hydrogen) atoms. The zero-order chi connectivity index (χ0) is 35.5. The number of hydrogen-bond acceptors (Lipinski definition) is 10. The Balaban J connectivity index is 1.23. The summed E-state index contributed by atoms with van der Waals surface area (Å²) < 4.78 is 25.9. The fourth-order valence-electron chi connectivity index (χ4n) is 8.91. The second-order valence-electron chi connectivity index (χ2n) is 14.2. The maximum absolute atomic E-state index is 11.2. The molecule has 268 valence electrons. The van der Waals surface area contributed by atoms with Crippen LogP contribution in [0.15, 0.2) is 59.6 Å². The van der Waals surface area contributed by atoms with E-state index in [2.05, 4.69) is 46.7 Å². The van der Waals surface area contributed by atoms with E-state index < -0.39 is 6.10 Å². The van der Waals surface area contributed by atoms with Crippen LogP contribution in [0.2, 0.25) is 0 Å². The van der Waals surface area contributed by atoms with Gasteiger partial charge in [0.25, 0.3) is 0 Å². The highest BCUT2D eigenvalue weighted by Gasteiger charge is 2.44. The van der Waals surface area contributed by atoms with Gasteiger partial charge in [-0.15, -0.1) is 0 Å². The molecule has 0 radical (unpaired) electrons. The lowest BCUT2D eigenvalue weighted by Crippen LogP contribution is -2.37. The first kappa shape index (κ1) is 33.0. The smallest absolute Gasteiger partial charge is 0.161 e. The average molecular weight is 703 g/mol. The largest absolute Gasteiger partial charge is 0.507 e. The van der Waals surface area contributed by atoms with Gasteiger partial charge >= 0.3 is 0 Å². The van der Waals surface area contributed by atoms with E-state index in [-0.39, 0.29) is 61.1 Å². The monoisotopic (exact) mass is 702 g/mol. The van der Waals surface area contributed by atoms with E-state index in [1.165, 1.54) is 5.56 Å². The Morgan fingerprint density at radius 2 is 1.79 bits per heavy atom. The number of ether oxygens (including phenoxy) is 4. The quantitative estimate of drug-likeness (QED) is 0.164. The third-order valence-corrected chi connectivity index (χ3v) is 11.3. The van der Waals surface area contributed by atoms with Crippen molar-refractivity contribution in [3.63, 3.8) is 0 Å². The minimum atomic E-state index is -0.534. The molecule has 2 aliphatic carbocycles. The second kappa shape index (κ2) is 13.3. The summed E-state index contributed by atoms with van der Waals surface area (Å²) in [6.45, 7) is 0.775. The molecule has 9 rings (SSSR count). The van der Waals surface area contributed by atoms with E-state index in [0.717, 1.165) is 66.6 Å². The molecule has 0 aromatic heterocycles. The molecule has 3 aliphatic heterocycles. The van der Waals surface area contributed by atoms with Gasteiger partial charge in [0.05, 0.1) is 31.8 Å². The van der Waals surface area contributed by atoms with Gasteiger partial charge in [0.1, 0.15) is 36.1 Å². The van der Waals surface area contributed by atoms with Crippen molar-refractivity contribution in [1.82, 2.24) is 5.32 Å². The molecule has 10 heteroatoms. The van der Waals surface area contributed by atoms with Gasteiger partial charge in [-0.3, -0.25) is 10.3 Å². The molecule has 4 aromatic carbocycles. The third kappa shape index (κ3) is 5.35. The lowest BCUT2D eigenvalue weighted by atomic mass is 9.65. The molecule has 0 unspecified atom stereocenters. The highest BCUT2D eigenvalue weighted by Crippen LogP contribution is 2.59. The molecule has 5 atom stereocenters. The lowest BCUT2D eigenvalue weighted by Gasteiger charge is -2.43. The van der Waals surface area contributed by atoms with Crippen molar-refractivity contribution in [3.8, 4) is 39.9 Å². The van der Waals surface area contributed by atoms with Crippen LogP contribution in [-0.4, -0.2) is 72.8 Å². The summed E-state index contributed by atoms with van der Waals surface area (Å²) in [5.74, 6) is 2.10. The lowest BCUT2D eigenvalue weighted by molar-refractivity contribution is -0.0436. The number of phenols is 2. The molecule has 0 spiro atoms. The first-order chi connectivity index (χ1) is 25.5. The molecule has 0 saturated heterocycles. The van der Waals surface area contributed by atoms with E-state index in [4.69, 9.17) is 18.9 Å². The topological polar surface area (TPSA) is 142 Å². The van der Waals surface area contributed by atoms with Crippen molar-refractivity contribution in [2.45, 2.75) is 55.8 Å². The zero-order valence-electron chi connectivity index (χ0n) is 29.0. The van der Waals surface area contributed by atoms with Crippen molar-refractivity contribution in [3.05, 3.63) is 104 Å². The molecule has 0 saturated carbocycles. The predicted molar refractivity (Wildman–Crippen MR) is 195 cm³/mol. The molecule has 5 N–H and O–H groups in total. The van der Waals surface area contributed by atoms with Crippen LogP contribution in [0, 0.1) is 0 Å². The Hall–Kier alpha value is -4.87. The minimum Gasteiger partial charge on any atom is -0.507 e. The maximum Gasteiger partial charge on any atom is 0.161 e. The first-order valence-electron chi connectivity index (χ1n) is 18.1. The van der Waals surface area contributed by atoms with Crippen molar-refractivity contribution < 1.29 is 39.4 Å². The van der Waals surface area contributed by atoms with Crippen LogP contribution in [-0.2, 0) is 24.0 Å². The van der Waals surface area contributed by atoms with Gasteiger partial charge in [0.2, 0.25) is 0 Å². The molecule has 4 aromatic rings. The normalized spacial score (nSPS) is 23.1. The number of benzene rings is 4. The van der Waals surface area contributed by atoms with Gasteiger partial charge in [-0.1, -0.05) is 36.4 Å². The van der Waals surface area contributed by atoms with E-state index in [9.17, 15) is 20.4 Å². The number of rotatable bonds is 9. The standard InChI is InChI=1S/C42H42N2O8/c1-43-21-50-37-19-32-31-18-30-26(22-2-9-33-23(16-22)12-13-44-33)6-7-27-34(47)11-8-28(38(27)30)39(31)42-29(5-4-25(20-46)51-42)41(32)52-40(37)24-3-10-35(48)36(17-24)49-15-14-45/h2-3,6-12,16-17,25-26,30,37,40,43,45-48H,4-5,13-15,18-21H2,1H3/t25-,26-,30-,37-,40-/m1/s1. The zero-order valence-corrected chi connectivity index (χ0v) is 29.0. The SMILES string of the molecule is CNCO[C@@H]1Cc2c3c(c4c(c2O[C@@H]1c1ccc(O)c(OCCO)c1)CC[C@H](CO)O4)-c1ccc(O)c2c1[C@H](C3)[C@@H](c1ccc3c(c1)=CCN=3)C=C2. The van der Waals surface area contributed by atoms with Gasteiger partial charge in [0.15, 0.2) is 17.6 Å². The molecular formula is C42H42N2O8. The van der Waals surface area contributed by atoms with Crippen LogP contribution in [0.3, 0.4) is 0 Å². The van der Waals surface area contributed by atoms with E-state index >= 15 is 0 Å². The number of aliphatic hydroxyl groups is 2. The van der Waals surface area contributed by atoms with Crippen LogP contribution in [0.1, 0.15) is 63.3 Å². The predicted octanol–water partition coefficient (Wildman–Crippen LogP) is 3.92. The fraction of sp³-hybridized carbons (Fsp3) is 0.357. The summed E-state index contributed by atoms with van der Waals surface area (Å²) in [6.07, 6.45) is 7.74. The molecule has 0 fully saturated rings. The van der Waals surface area contributed by atoms with Gasteiger partial charge in [0, 0.05) is 34.6 Å². The summed E-state index contributed by atoms with van der Waals surface area (Å²) in [5, 5.41) is 46.7. The number of fused-ring (bicyclic) bond motifs is 8. The summed E-state index contributed by atoms with van der Waals surface area (Å²) in [4.78, 5) is 4.61. The van der Waals surface area contributed by atoms with Gasteiger partial charge in [-0.05, 0) is 95.6 Å². The van der Waals surface area contributed by atoms with Crippen LogP contribution < -0.4 is 30.1 Å². The van der Waals surface area contributed by atoms with Crippen LogP contribution >= 0.6 is 0 Å². The number of aromatic hydroxyl groups is 2. The summed E-state index contributed by atoms with van der Waals surface area (Å²) >= 11 is 0. The minimum absolute atomic E-state index is 0.0215. The van der Waals surface area contributed by atoms with Crippen LogP contribution in [0.25, 0.3) is 23.3 Å². The number of aliphatic hydroxyl groups excluding tert-OH is 2. The molecular weight excluding hydrogens is 660 g/mol. The van der Waals surface area contributed by atoms with Crippen molar-refractivity contribution in [2.75, 3.05) is 40.1 Å². The summed E-state index contributed by atoms with van der Waals surface area (Å²) in [5.41, 5.74) is 9.17. The fourth-order valence-corrected chi connectivity index (χ4v) is 8.91. The number of nitrogens with one attached hydrogen (secondary N) is 1. The molecule has 0 amide bonds.